The number of rotatable bonds is 4. The van der Waals surface area contributed by atoms with Gasteiger partial charge >= 0.3 is 0 Å². The Morgan fingerprint density at radius 3 is 2.88 bits per heavy atom. The number of amides is 1. The Kier molecular flexibility index (Phi) is 4.54. The quantitative estimate of drug-likeness (QED) is 0.613. The van der Waals surface area contributed by atoms with Crippen molar-refractivity contribution in [3.05, 3.63) is 45.5 Å². The zero-order chi connectivity index (χ0) is 17.3. The third-order valence-electron chi connectivity index (χ3n) is 3.25. The van der Waals surface area contributed by atoms with Gasteiger partial charge < -0.3 is 15.7 Å². The highest BCUT2D eigenvalue weighted by Gasteiger charge is 2.15. The molecule has 7 nitrogen and oxygen atoms in total. The summed E-state index contributed by atoms with van der Waals surface area (Å²) in [6.07, 6.45) is 3.31. The molecule has 124 valence electrons. The van der Waals surface area contributed by atoms with Crippen LogP contribution in [0.1, 0.15) is 15.2 Å². The van der Waals surface area contributed by atoms with E-state index in [-0.39, 0.29) is 11.7 Å². The Morgan fingerprint density at radius 1 is 1.38 bits per heavy atom. The number of benzene rings is 1. The molecule has 2 heterocycles. The van der Waals surface area contributed by atoms with Gasteiger partial charge in [0.2, 0.25) is 0 Å². The van der Waals surface area contributed by atoms with Crippen molar-refractivity contribution in [1.29, 1.82) is 0 Å². The van der Waals surface area contributed by atoms with Crippen molar-refractivity contribution in [3.63, 3.8) is 0 Å². The lowest BCUT2D eigenvalue weighted by molar-refractivity contribution is 0.103. The number of nitrogens with zero attached hydrogens (tertiary/aromatic N) is 3. The number of hydrogen-bond acceptors (Lipinski definition) is 6. The second-order valence-electron chi connectivity index (χ2n) is 5.07. The van der Waals surface area contributed by atoms with Crippen molar-refractivity contribution in [1.82, 2.24) is 14.8 Å². The lowest BCUT2D eigenvalue weighted by Crippen LogP contribution is -2.11. The minimum atomic E-state index is -0.295. The number of halogens is 1. The molecular weight excluding hydrogens is 394 g/mol. The van der Waals surface area contributed by atoms with Crippen LogP contribution in [-0.4, -0.2) is 25.8 Å². The van der Waals surface area contributed by atoms with Gasteiger partial charge in [-0.05, 0) is 34.5 Å². The van der Waals surface area contributed by atoms with E-state index in [1.807, 2.05) is 26.2 Å². The minimum absolute atomic E-state index is 0.0673. The lowest BCUT2D eigenvalue weighted by Gasteiger charge is -2.10. The highest BCUT2D eigenvalue weighted by molar-refractivity contribution is 9.10. The molecule has 0 aliphatic heterocycles. The molecule has 3 rings (SSSR count). The molecule has 0 atom stereocenters. The van der Waals surface area contributed by atoms with Crippen LogP contribution in [0.3, 0.4) is 0 Å². The number of aryl methyl sites for hydroxylation is 2. The molecule has 0 aliphatic rings. The summed E-state index contributed by atoms with van der Waals surface area (Å²) in [6.45, 7) is 1.85. The van der Waals surface area contributed by atoms with Crippen LogP contribution in [0.2, 0.25) is 0 Å². The number of phenolic OH excluding ortho intramolecular Hbond substituents is 1. The van der Waals surface area contributed by atoms with Gasteiger partial charge in [0.25, 0.3) is 5.91 Å². The van der Waals surface area contributed by atoms with E-state index in [1.54, 1.807) is 16.8 Å². The summed E-state index contributed by atoms with van der Waals surface area (Å²) >= 11 is 4.50. The number of carbonyl (C=O) groups excluding carboxylic acids is 1. The highest BCUT2D eigenvalue weighted by Crippen LogP contribution is 2.35. The average molecular weight is 408 g/mol. The Balaban J connectivity index is 1.76. The predicted octanol–water partition coefficient (Wildman–Crippen LogP) is 3.65. The monoisotopic (exact) mass is 407 g/mol. The molecule has 0 fully saturated rings. The van der Waals surface area contributed by atoms with Crippen molar-refractivity contribution < 1.29 is 9.90 Å². The largest absolute Gasteiger partial charge is 0.507 e. The maximum absolute atomic E-state index is 12.4. The van der Waals surface area contributed by atoms with Gasteiger partial charge in [-0.1, -0.05) is 17.4 Å². The van der Waals surface area contributed by atoms with Crippen molar-refractivity contribution in [2.24, 2.45) is 7.05 Å². The first kappa shape index (κ1) is 16.5. The van der Waals surface area contributed by atoms with Crippen LogP contribution < -0.4 is 10.6 Å². The van der Waals surface area contributed by atoms with Gasteiger partial charge in [0.1, 0.15) is 10.6 Å². The molecule has 2 aromatic heterocycles. The number of nitrogens with one attached hydrogen (secondary N) is 2. The number of aromatic nitrogens is 3. The highest BCUT2D eigenvalue weighted by atomic mass is 79.9. The molecule has 0 bridgehead atoms. The molecule has 0 saturated heterocycles. The van der Waals surface area contributed by atoms with Crippen LogP contribution in [-0.2, 0) is 7.05 Å². The summed E-state index contributed by atoms with van der Waals surface area (Å²) in [5.41, 5.74) is 1.37. The summed E-state index contributed by atoms with van der Waals surface area (Å²) in [6, 6.07) is 5.11. The van der Waals surface area contributed by atoms with Crippen LogP contribution in [0.4, 0.5) is 16.6 Å². The van der Waals surface area contributed by atoms with Gasteiger partial charge in [-0.25, -0.2) is 4.98 Å². The van der Waals surface area contributed by atoms with E-state index in [0.29, 0.717) is 26.0 Å². The SMILES string of the molecule is Cc1ccc(O)c(Br)c1NC(=O)c1cnc(Nc2ccn(C)n2)s1. The van der Waals surface area contributed by atoms with Gasteiger partial charge in [0.05, 0.1) is 16.4 Å². The lowest BCUT2D eigenvalue weighted by atomic mass is 10.2. The molecule has 0 spiro atoms. The van der Waals surface area contributed by atoms with Gasteiger partial charge in [-0.3, -0.25) is 9.48 Å². The number of anilines is 3. The number of carbonyl (C=O) groups is 1. The molecule has 3 aromatic rings. The van der Waals surface area contributed by atoms with Gasteiger partial charge in [0, 0.05) is 19.3 Å². The van der Waals surface area contributed by atoms with E-state index < -0.39 is 0 Å². The smallest absolute Gasteiger partial charge is 0.267 e. The normalized spacial score (nSPS) is 10.6. The summed E-state index contributed by atoms with van der Waals surface area (Å²) < 4.78 is 2.12. The Morgan fingerprint density at radius 2 is 2.17 bits per heavy atom. The Hall–Kier alpha value is -2.39. The molecule has 0 aliphatic carbocycles. The fourth-order valence-corrected chi connectivity index (χ4v) is 3.28. The Bertz CT molecular complexity index is 905. The van der Waals surface area contributed by atoms with E-state index in [2.05, 4.69) is 36.6 Å². The van der Waals surface area contributed by atoms with Crippen LogP contribution in [0.5, 0.6) is 5.75 Å². The van der Waals surface area contributed by atoms with E-state index in [0.717, 1.165) is 5.56 Å². The minimum Gasteiger partial charge on any atom is -0.507 e. The maximum atomic E-state index is 12.4. The van der Waals surface area contributed by atoms with Crippen LogP contribution in [0, 0.1) is 6.92 Å². The maximum Gasteiger partial charge on any atom is 0.267 e. The van der Waals surface area contributed by atoms with Crippen molar-refractivity contribution in [3.8, 4) is 5.75 Å². The summed E-state index contributed by atoms with van der Waals surface area (Å²) in [5.74, 6) is 0.430. The van der Waals surface area contributed by atoms with Crippen LogP contribution in [0.15, 0.2) is 35.1 Å². The van der Waals surface area contributed by atoms with E-state index in [1.165, 1.54) is 17.5 Å². The standard InChI is InChI=1S/C15H14BrN5O2S/c1-8-3-4-9(22)12(16)13(8)19-14(23)10-7-17-15(24-10)18-11-5-6-21(2)20-11/h3-7,22H,1-2H3,(H,19,23)(H,17,18,20). The predicted molar refractivity (Wildman–Crippen MR) is 97.1 cm³/mol. The molecule has 0 radical (unpaired) electrons. The molecule has 1 aromatic carbocycles. The van der Waals surface area contributed by atoms with Gasteiger partial charge in [-0.2, -0.15) is 5.10 Å². The van der Waals surface area contributed by atoms with E-state index in [4.69, 9.17) is 0 Å². The summed E-state index contributed by atoms with van der Waals surface area (Å²) in [4.78, 5) is 17.0. The summed E-state index contributed by atoms with van der Waals surface area (Å²) in [7, 11) is 1.82. The fourth-order valence-electron chi connectivity index (χ4n) is 2.02. The van der Waals surface area contributed by atoms with Crippen molar-refractivity contribution in [2.75, 3.05) is 10.6 Å². The van der Waals surface area contributed by atoms with Gasteiger partial charge in [-0.15, -0.1) is 0 Å². The van der Waals surface area contributed by atoms with E-state index >= 15 is 0 Å². The molecule has 1 amide bonds. The number of hydrogen-bond donors (Lipinski definition) is 3. The first-order chi connectivity index (χ1) is 11.4. The first-order valence-electron chi connectivity index (χ1n) is 6.96. The topological polar surface area (TPSA) is 92.1 Å². The Labute approximate surface area is 150 Å². The number of thiazole rings is 1. The first-order valence-corrected chi connectivity index (χ1v) is 8.57. The molecule has 9 heteroatoms. The zero-order valence-corrected chi connectivity index (χ0v) is 15.3. The molecule has 0 unspecified atom stereocenters. The third kappa shape index (κ3) is 3.41. The van der Waals surface area contributed by atoms with E-state index in [9.17, 15) is 9.90 Å². The summed E-state index contributed by atoms with van der Waals surface area (Å²) in [5, 5.41) is 20.4. The third-order valence-corrected chi connectivity index (χ3v) is 4.96. The van der Waals surface area contributed by atoms with Crippen molar-refractivity contribution in [2.45, 2.75) is 6.92 Å². The van der Waals surface area contributed by atoms with Crippen LogP contribution >= 0.6 is 27.3 Å². The number of phenols is 1. The second kappa shape index (κ2) is 6.62. The molecule has 0 saturated carbocycles. The molecule has 24 heavy (non-hydrogen) atoms. The average Bonchev–Trinajstić information content (AvgIpc) is 3.17. The number of aromatic hydroxyl groups is 1. The van der Waals surface area contributed by atoms with Crippen LogP contribution in [0.25, 0.3) is 0 Å². The fraction of sp³-hybridized carbons (Fsp3) is 0.133. The van der Waals surface area contributed by atoms with Gasteiger partial charge in [0.15, 0.2) is 10.9 Å². The second-order valence-corrected chi connectivity index (χ2v) is 6.90. The van der Waals surface area contributed by atoms with Crippen molar-refractivity contribution >= 4 is 49.8 Å². The molecular formula is C15H14BrN5O2S. The molecule has 3 N–H and O–H groups in total. The zero-order valence-electron chi connectivity index (χ0n) is 12.9.